The third-order valence-corrected chi connectivity index (χ3v) is 5.83. The van der Waals surface area contributed by atoms with Gasteiger partial charge < -0.3 is 20.5 Å². The number of benzene rings is 1. The summed E-state index contributed by atoms with van der Waals surface area (Å²) in [6.07, 6.45) is 8.73. The molecular formula is C21H32N2O3. The zero-order valence-electron chi connectivity index (χ0n) is 16.0. The van der Waals surface area contributed by atoms with Crippen molar-refractivity contribution in [1.29, 1.82) is 0 Å². The van der Waals surface area contributed by atoms with E-state index < -0.39 is 0 Å². The van der Waals surface area contributed by atoms with Crippen LogP contribution in [0.2, 0.25) is 0 Å². The highest BCUT2D eigenvalue weighted by molar-refractivity contribution is 5.76. The number of rotatable bonds is 7. The van der Waals surface area contributed by atoms with Crippen LogP contribution < -0.4 is 20.5 Å². The van der Waals surface area contributed by atoms with Crippen LogP contribution in [0.3, 0.4) is 0 Å². The van der Waals surface area contributed by atoms with Gasteiger partial charge in [-0.15, -0.1) is 0 Å². The summed E-state index contributed by atoms with van der Waals surface area (Å²) in [5.74, 6) is 1.91. The molecule has 2 saturated carbocycles. The third-order valence-electron chi connectivity index (χ3n) is 5.83. The molecule has 2 aliphatic carbocycles. The van der Waals surface area contributed by atoms with Crippen LogP contribution in [0.4, 0.5) is 0 Å². The number of methoxy groups -OCH3 is 1. The second-order valence-corrected chi connectivity index (χ2v) is 7.78. The van der Waals surface area contributed by atoms with E-state index in [1.165, 1.54) is 12.8 Å². The molecule has 144 valence electrons. The number of nitrogens with one attached hydrogen (secondary N) is 1. The highest BCUT2D eigenvalue weighted by Gasteiger charge is 2.26. The van der Waals surface area contributed by atoms with Gasteiger partial charge in [0.1, 0.15) is 0 Å². The second-order valence-electron chi connectivity index (χ2n) is 7.78. The first-order valence-corrected chi connectivity index (χ1v) is 9.96. The molecule has 26 heavy (non-hydrogen) atoms. The molecule has 0 radical (unpaired) electrons. The van der Waals surface area contributed by atoms with Crippen LogP contribution in [-0.2, 0) is 4.79 Å². The fourth-order valence-corrected chi connectivity index (χ4v) is 4.18. The second kappa shape index (κ2) is 8.76. The molecule has 0 aliphatic heterocycles. The van der Waals surface area contributed by atoms with Gasteiger partial charge in [0.15, 0.2) is 11.5 Å². The molecule has 3 rings (SSSR count). The zero-order valence-corrected chi connectivity index (χ0v) is 16.0. The molecule has 5 heteroatoms. The summed E-state index contributed by atoms with van der Waals surface area (Å²) in [6, 6.07) is 6.04. The standard InChI is InChI=1S/C21H32N2O3/c1-14(23-21(24)13-16-6-5-9-18(16)22)15-10-11-19(20(12-15)25-2)26-17-7-3-4-8-17/h10-12,14,16-18H,3-9,13,22H2,1-2H3,(H,23,24)/t14?,16-,18+/m0/s1. The van der Waals surface area contributed by atoms with Crippen molar-refractivity contribution < 1.29 is 14.3 Å². The Hall–Kier alpha value is -1.75. The Balaban J connectivity index is 1.59. The van der Waals surface area contributed by atoms with Gasteiger partial charge in [-0.25, -0.2) is 0 Å². The van der Waals surface area contributed by atoms with Gasteiger partial charge in [-0.3, -0.25) is 4.79 Å². The molecular weight excluding hydrogens is 328 g/mol. The number of carbonyl (C=O) groups is 1. The van der Waals surface area contributed by atoms with Crippen molar-refractivity contribution >= 4 is 5.91 Å². The Morgan fingerprint density at radius 2 is 1.96 bits per heavy atom. The number of hydrogen-bond acceptors (Lipinski definition) is 4. The van der Waals surface area contributed by atoms with Crippen LogP contribution in [0.25, 0.3) is 0 Å². The molecule has 0 bridgehead atoms. The zero-order chi connectivity index (χ0) is 18.5. The minimum atomic E-state index is -0.0745. The first kappa shape index (κ1) is 19.0. The molecule has 2 aliphatic rings. The van der Waals surface area contributed by atoms with Gasteiger partial charge in [0.2, 0.25) is 5.91 Å². The van der Waals surface area contributed by atoms with E-state index in [9.17, 15) is 4.79 Å². The van der Waals surface area contributed by atoms with E-state index in [0.29, 0.717) is 18.4 Å². The third kappa shape index (κ3) is 4.70. The van der Waals surface area contributed by atoms with E-state index in [1.54, 1.807) is 7.11 Å². The Kier molecular flexibility index (Phi) is 6.41. The molecule has 0 aromatic heterocycles. The lowest BCUT2D eigenvalue weighted by Crippen LogP contribution is -2.32. The molecule has 1 unspecified atom stereocenters. The van der Waals surface area contributed by atoms with E-state index in [1.807, 2.05) is 25.1 Å². The smallest absolute Gasteiger partial charge is 0.220 e. The van der Waals surface area contributed by atoms with Gasteiger partial charge in [0.05, 0.1) is 19.3 Å². The van der Waals surface area contributed by atoms with E-state index in [-0.39, 0.29) is 18.0 Å². The molecule has 1 amide bonds. The number of hydrogen-bond donors (Lipinski definition) is 2. The first-order valence-electron chi connectivity index (χ1n) is 9.96. The number of amides is 1. The molecule has 5 nitrogen and oxygen atoms in total. The molecule has 0 heterocycles. The monoisotopic (exact) mass is 360 g/mol. The lowest BCUT2D eigenvalue weighted by atomic mass is 9.99. The highest BCUT2D eigenvalue weighted by Crippen LogP contribution is 2.34. The van der Waals surface area contributed by atoms with Crippen LogP contribution >= 0.6 is 0 Å². The quantitative estimate of drug-likeness (QED) is 0.777. The van der Waals surface area contributed by atoms with Crippen molar-refractivity contribution in [1.82, 2.24) is 5.32 Å². The van der Waals surface area contributed by atoms with Crippen molar-refractivity contribution in [3.8, 4) is 11.5 Å². The van der Waals surface area contributed by atoms with Crippen molar-refractivity contribution in [3.63, 3.8) is 0 Å². The summed E-state index contributed by atoms with van der Waals surface area (Å²) >= 11 is 0. The highest BCUT2D eigenvalue weighted by atomic mass is 16.5. The lowest BCUT2D eigenvalue weighted by Gasteiger charge is -2.20. The van der Waals surface area contributed by atoms with Gasteiger partial charge in [0, 0.05) is 12.5 Å². The summed E-state index contributed by atoms with van der Waals surface area (Å²) in [7, 11) is 1.66. The summed E-state index contributed by atoms with van der Waals surface area (Å²) < 4.78 is 11.6. The van der Waals surface area contributed by atoms with Crippen LogP contribution in [-0.4, -0.2) is 25.2 Å². The fourth-order valence-electron chi connectivity index (χ4n) is 4.18. The maximum atomic E-state index is 12.4. The van der Waals surface area contributed by atoms with Crippen LogP contribution in [0, 0.1) is 5.92 Å². The van der Waals surface area contributed by atoms with E-state index in [2.05, 4.69) is 5.32 Å². The minimum absolute atomic E-state index is 0.0742. The van der Waals surface area contributed by atoms with Crippen molar-refractivity contribution in [2.24, 2.45) is 11.7 Å². The Labute approximate surface area is 156 Å². The van der Waals surface area contributed by atoms with Crippen molar-refractivity contribution in [3.05, 3.63) is 23.8 Å². The molecule has 2 fully saturated rings. The predicted octanol–water partition coefficient (Wildman–Crippen LogP) is 3.71. The average Bonchev–Trinajstić information content (AvgIpc) is 3.27. The van der Waals surface area contributed by atoms with Crippen LogP contribution in [0.1, 0.15) is 69.9 Å². The van der Waals surface area contributed by atoms with E-state index in [4.69, 9.17) is 15.2 Å². The lowest BCUT2D eigenvalue weighted by molar-refractivity contribution is -0.122. The number of ether oxygens (including phenoxy) is 2. The van der Waals surface area contributed by atoms with E-state index in [0.717, 1.165) is 49.2 Å². The Morgan fingerprint density at radius 1 is 1.19 bits per heavy atom. The summed E-state index contributed by atoms with van der Waals surface area (Å²) in [5, 5.41) is 3.10. The predicted molar refractivity (Wildman–Crippen MR) is 102 cm³/mol. The molecule has 0 saturated heterocycles. The maximum absolute atomic E-state index is 12.4. The Bertz CT molecular complexity index is 613. The number of nitrogens with two attached hydrogens (primary N) is 1. The van der Waals surface area contributed by atoms with Gasteiger partial charge in [-0.1, -0.05) is 12.5 Å². The molecule has 1 aromatic rings. The van der Waals surface area contributed by atoms with Gasteiger partial charge in [0.25, 0.3) is 0 Å². The van der Waals surface area contributed by atoms with Crippen molar-refractivity contribution in [2.45, 2.75) is 76.5 Å². The maximum Gasteiger partial charge on any atom is 0.220 e. The molecule has 3 N–H and O–H groups in total. The normalized spacial score (nSPS) is 24.4. The molecule has 0 spiro atoms. The largest absolute Gasteiger partial charge is 0.493 e. The fraction of sp³-hybridized carbons (Fsp3) is 0.667. The first-order chi connectivity index (χ1) is 12.6. The Morgan fingerprint density at radius 3 is 2.62 bits per heavy atom. The summed E-state index contributed by atoms with van der Waals surface area (Å²) in [5.41, 5.74) is 7.10. The summed E-state index contributed by atoms with van der Waals surface area (Å²) in [6.45, 7) is 2.00. The van der Waals surface area contributed by atoms with Crippen LogP contribution in [0.5, 0.6) is 11.5 Å². The van der Waals surface area contributed by atoms with Gasteiger partial charge in [-0.2, -0.15) is 0 Å². The van der Waals surface area contributed by atoms with Crippen molar-refractivity contribution in [2.75, 3.05) is 7.11 Å². The molecule has 1 aromatic carbocycles. The van der Waals surface area contributed by atoms with E-state index >= 15 is 0 Å². The van der Waals surface area contributed by atoms with Crippen LogP contribution in [0.15, 0.2) is 18.2 Å². The van der Waals surface area contributed by atoms with Gasteiger partial charge >= 0.3 is 0 Å². The molecule has 3 atom stereocenters. The SMILES string of the molecule is COc1cc(C(C)NC(=O)C[C@@H]2CCC[C@H]2N)ccc1OC1CCCC1. The minimum Gasteiger partial charge on any atom is -0.493 e. The summed E-state index contributed by atoms with van der Waals surface area (Å²) in [4.78, 5) is 12.4. The van der Waals surface area contributed by atoms with Gasteiger partial charge in [-0.05, 0) is 69.1 Å². The number of carbonyl (C=O) groups excluding carboxylic acids is 1. The average molecular weight is 360 g/mol. The topological polar surface area (TPSA) is 73.6 Å².